The number of carbonyl (C=O) groups is 2. The van der Waals surface area contributed by atoms with Crippen molar-refractivity contribution in [1.29, 1.82) is 0 Å². The van der Waals surface area contributed by atoms with Crippen molar-refractivity contribution in [2.45, 2.75) is 302 Å². The van der Waals surface area contributed by atoms with Crippen LogP contribution in [0.15, 0.2) is 72.9 Å². The Morgan fingerprint density at radius 3 is 1.11 bits per heavy atom. The molecule has 0 radical (unpaired) electrons. The minimum Gasteiger partial charge on any atom is -0.462 e. The van der Waals surface area contributed by atoms with E-state index in [4.69, 9.17) is 24.3 Å². The third-order valence-electron chi connectivity index (χ3n) is 13.6. The molecule has 436 valence electrons. The highest BCUT2D eigenvalue weighted by molar-refractivity contribution is 7.47. The van der Waals surface area contributed by atoms with Gasteiger partial charge in [0.25, 0.3) is 0 Å². The minimum atomic E-state index is -4.39. The molecule has 75 heavy (non-hydrogen) atoms. The van der Waals surface area contributed by atoms with E-state index < -0.39 is 26.5 Å². The zero-order valence-corrected chi connectivity index (χ0v) is 49.7. The molecule has 0 aromatic carbocycles. The highest BCUT2D eigenvalue weighted by Crippen LogP contribution is 2.43. The van der Waals surface area contributed by atoms with E-state index in [0.717, 1.165) is 77.0 Å². The number of nitrogens with two attached hydrogens (primary N) is 1. The summed E-state index contributed by atoms with van der Waals surface area (Å²) >= 11 is 0. The summed E-state index contributed by atoms with van der Waals surface area (Å²) in [5.41, 5.74) is 5.39. The summed E-state index contributed by atoms with van der Waals surface area (Å²) in [6.07, 6.45) is 78.2. The zero-order chi connectivity index (χ0) is 54.5. The topological polar surface area (TPSA) is 134 Å². The van der Waals surface area contributed by atoms with Crippen LogP contribution in [0.5, 0.6) is 0 Å². The fourth-order valence-electron chi connectivity index (χ4n) is 8.95. The summed E-state index contributed by atoms with van der Waals surface area (Å²) in [5, 5.41) is 0. The van der Waals surface area contributed by atoms with E-state index in [1.54, 1.807) is 0 Å². The Morgan fingerprint density at radius 2 is 0.733 bits per heavy atom. The molecular formula is C65H118NO8P. The Morgan fingerprint density at radius 1 is 0.413 bits per heavy atom. The van der Waals surface area contributed by atoms with Gasteiger partial charge in [-0.05, 0) is 83.5 Å². The molecule has 0 bridgehead atoms. The van der Waals surface area contributed by atoms with Gasteiger partial charge in [-0.25, -0.2) is 4.57 Å². The van der Waals surface area contributed by atoms with Crippen molar-refractivity contribution in [1.82, 2.24) is 0 Å². The summed E-state index contributed by atoms with van der Waals surface area (Å²) in [4.78, 5) is 35.3. The first-order chi connectivity index (χ1) is 36.8. The smallest absolute Gasteiger partial charge is 0.462 e. The fourth-order valence-corrected chi connectivity index (χ4v) is 9.72. The number of phosphoric ester groups is 1. The molecule has 2 atom stereocenters. The van der Waals surface area contributed by atoms with Gasteiger partial charge in [0.2, 0.25) is 0 Å². The molecule has 0 rings (SSSR count). The van der Waals surface area contributed by atoms with Crippen LogP contribution in [0.2, 0.25) is 0 Å². The van der Waals surface area contributed by atoms with Crippen LogP contribution in [-0.4, -0.2) is 49.3 Å². The van der Waals surface area contributed by atoms with Crippen LogP contribution in [0.1, 0.15) is 296 Å². The van der Waals surface area contributed by atoms with Crippen molar-refractivity contribution in [2.75, 3.05) is 26.4 Å². The number of phosphoric acid groups is 1. The van der Waals surface area contributed by atoms with Crippen LogP contribution in [0, 0.1) is 0 Å². The number of allylic oxidation sites excluding steroid dienone is 12. The maximum Gasteiger partial charge on any atom is 0.472 e. The van der Waals surface area contributed by atoms with Crippen molar-refractivity contribution in [3.05, 3.63) is 72.9 Å². The molecule has 9 nitrogen and oxygen atoms in total. The Balaban J connectivity index is 3.93. The maximum absolute atomic E-state index is 12.7. The molecule has 0 amide bonds. The third kappa shape index (κ3) is 60.5. The van der Waals surface area contributed by atoms with Gasteiger partial charge < -0.3 is 20.1 Å². The van der Waals surface area contributed by atoms with Gasteiger partial charge in [0, 0.05) is 19.4 Å². The molecule has 0 saturated heterocycles. The third-order valence-corrected chi connectivity index (χ3v) is 14.6. The largest absolute Gasteiger partial charge is 0.472 e. The van der Waals surface area contributed by atoms with Gasteiger partial charge in [0.1, 0.15) is 6.61 Å². The van der Waals surface area contributed by atoms with Crippen molar-refractivity contribution in [3.63, 3.8) is 0 Å². The van der Waals surface area contributed by atoms with E-state index in [1.165, 1.54) is 186 Å². The maximum atomic E-state index is 12.7. The van der Waals surface area contributed by atoms with Gasteiger partial charge in [-0.1, -0.05) is 273 Å². The summed E-state index contributed by atoms with van der Waals surface area (Å²) < 4.78 is 33.1. The molecule has 3 N–H and O–H groups in total. The predicted molar refractivity (Wildman–Crippen MR) is 321 cm³/mol. The molecular weight excluding hydrogens is 954 g/mol. The molecule has 10 heteroatoms. The lowest BCUT2D eigenvalue weighted by molar-refractivity contribution is -0.161. The fraction of sp³-hybridized carbons (Fsp3) is 0.785. The lowest BCUT2D eigenvalue weighted by atomic mass is 10.0. The first-order valence-electron chi connectivity index (χ1n) is 31.4. The molecule has 0 saturated carbocycles. The quantitative estimate of drug-likeness (QED) is 0.0264. The van der Waals surface area contributed by atoms with Crippen LogP contribution < -0.4 is 5.73 Å². The summed E-state index contributed by atoms with van der Waals surface area (Å²) in [5.74, 6) is -0.822. The van der Waals surface area contributed by atoms with Gasteiger partial charge in [0.05, 0.1) is 13.2 Å². The first kappa shape index (κ1) is 72.5. The van der Waals surface area contributed by atoms with Gasteiger partial charge >= 0.3 is 19.8 Å². The van der Waals surface area contributed by atoms with E-state index in [1.807, 2.05) is 0 Å². The monoisotopic (exact) mass is 1070 g/mol. The van der Waals surface area contributed by atoms with E-state index in [9.17, 15) is 19.0 Å². The number of carbonyl (C=O) groups excluding carboxylic acids is 2. The van der Waals surface area contributed by atoms with Gasteiger partial charge in [-0.2, -0.15) is 0 Å². The first-order valence-corrected chi connectivity index (χ1v) is 32.9. The van der Waals surface area contributed by atoms with Crippen LogP contribution in [0.25, 0.3) is 0 Å². The molecule has 2 unspecified atom stereocenters. The highest BCUT2D eigenvalue weighted by atomic mass is 31.2. The SMILES string of the molecule is CC/C=C\C/C=C\C/C=C\C/C=C\C/C=C\CCCCCCCCCCCCCC(=O)OC(COC(=O)CCCCCCCCCCCCCCCCC/C=C\CCCCCCCCCC)COP(=O)(O)OCCN. The number of hydrogen-bond acceptors (Lipinski definition) is 8. The average Bonchev–Trinajstić information content (AvgIpc) is 3.40. The zero-order valence-electron chi connectivity index (χ0n) is 48.8. The van der Waals surface area contributed by atoms with Crippen molar-refractivity contribution >= 4 is 19.8 Å². The lowest BCUT2D eigenvalue weighted by Crippen LogP contribution is -2.29. The van der Waals surface area contributed by atoms with E-state index >= 15 is 0 Å². The van der Waals surface area contributed by atoms with Crippen molar-refractivity contribution in [2.24, 2.45) is 5.73 Å². The van der Waals surface area contributed by atoms with Gasteiger partial charge in [-0.3, -0.25) is 18.6 Å². The Bertz CT molecular complexity index is 1460. The highest BCUT2D eigenvalue weighted by Gasteiger charge is 2.26. The van der Waals surface area contributed by atoms with Crippen molar-refractivity contribution in [3.8, 4) is 0 Å². The summed E-state index contributed by atoms with van der Waals surface area (Å²) in [6, 6.07) is 0. The molecule has 0 aromatic rings. The van der Waals surface area contributed by atoms with Crippen LogP contribution in [0.4, 0.5) is 0 Å². The van der Waals surface area contributed by atoms with E-state index in [-0.39, 0.29) is 38.6 Å². The molecule has 0 spiro atoms. The van der Waals surface area contributed by atoms with Crippen molar-refractivity contribution < 1.29 is 37.6 Å². The molecule has 0 aliphatic carbocycles. The minimum absolute atomic E-state index is 0.0514. The summed E-state index contributed by atoms with van der Waals surface area (Å²) in [7, 11) is -4.39. The molecule has 0 aromatic heterocycles. The Labute approximate surface area is 462 Å². The predicted octanol–water partition coefficient (Wildman–Crippen LogP) is 20.1. The molecule has 0 aliphatic heterocycles. The number of ether oxygens (including phenoxy) is 2. The standard InChI is InChI=1S/C65H118NO8P/c1-3-5-7-9-11-13-15-17-19-21-23-25-27-29-31-33-35-37-39-41-43-45-47-49-51-53-55-57-64(67)71-61-63(62-73-75(69,70)72-60-59-66)74-65(68)58-56-54-52-50-48-46-44-42-40-38-36-34-32-30-28-26-24-22-20-18-16-14-12-10-8-6-4-2/h6,8,12,14,18,20-21,23-24,26,30,32,63H,3-5,7,9-11,13,15-17,19,22,25,27-29,31,33-62,66H2,1-2H3,(H,69,70)/b8-6-,14-12-,20-18-,23-21-,26-24-,32-30-. The molecule has 0 heterocycles. The normalized spacial score (nSPS) is 13.5. The van der Waals surface area contributed by atoms with Gasteiger partial charge in [0.15, 0.2) is 6.10 Å². The lowest BCUT2D eigenvalue weighted by Gasteiger charge is -2.19. The Kier molecular flexibility index (Phi) is 58.6. The number of esters is 2. The van der Waals surface area contributed by atoms with Crippen LogP contribution in [-0.2, 0) is 32.7 Å². The summed E-state index contributed by atoms with van der Waals surface area (Å²) in [6.45, 7) is 3.66. The second kappa shape index (κ2) is 60.7. The van der Waals surface area contributed by atoms with E-state index in [2.05, 4.69) is 86.8 Å². The van der Waals surface area contributed by atoms with E-state index in [0.29, 0.717) is 6.42 Å². The Hall–Kier alpha value is -2.55. The second-order valence-electron chi connectivity index (χ2n) is 20.9. The van der Waals surface area contributed by atoms with Gasteiger partial charge in [-0.15, -0.1) is 0 Å². The molecule has 0 fully saturated rings. The van der Waals surface area contributed by atoms with Crippen LogP contribution >= 0.6 is 7.82 Å². The number of rotatable bonds is 59. The number of unbranched alkanes of at least 4 members (excludes halogenated alkanes) is 34. The number of hydrogen-bond donors (Lipinski definition) is 2. The molecule has 0 aliphatic rings. The average molecular weight is 1070 g/mol. The second-order valence-corrected chi connectivity index (χ2v) is 22.3. The van der Waals surface area contributed by atoms with Crippen LogP contribution in [0.3, 0.4) is 0 Å².